The lowest BCUT2D eigenvalue weighted by Crippen LogP contribution is -2.23. The zero-order chi connectivity index (χ0) is 14.5. The van der Waals surface area contributed by atoms with E-state index in [0.717, 1.165) is 11.3 Å². The van der Waals surface area contributed by atoms with E-state index >= 15 is 0 Å². The second kappa shape index (κ2) is 5.92. The number of carbonyl (C=O) groups excluding carboxylic acids is 1. The van der Waals surface area contributed by atoms with Crippen molar-refractivity contribution in [1.29, 1.82) is 0 Å². The van der Waals surface area contributed by atoms with Crippen LogP contribution in [0.15, 0.2) is 42.6 Å². The number of pyridine rings is 1. The van der Waals surface area contributed by atoms with Crippen molar-refractivity contribution in [3.63, 3.8) is 0 Å². The molecule has 0 unspecified atom stereocenters. The number of amides is 1. The molecule has 2 rings (SSSR count). The van der Waals surface area contributed by atoms with Gasteiger partial charge >= 0.3 is 0 Å². The van der Waals surface area contributed by atoms with E-state index in [-0.39, 0.29) is 11.6 Å². The Labute approximate surface area is 115 Å². The molecule has 0 spiro atoms. The fraction of sp³-hybridized carbons (Fsp3) is 0.143. The van der Waals surface area contributed by atoms with Gasteiger partial charge in [0.25, 0.3) is 11.6 Å². The van der Waals surface area contributed by atoms with Crippen molar-refractivity contribution in [3.8, 4) is 0 Å². The van der Waals surface area contributed by atoms with Gasteiger partial charge in [0.15, 0.2) is 0 Å². The topological polar surface area (TPSA) is 85.1 Å². The van der Waals surface area contributed by atoms with Gasteiger partial charge in [0.05, 0.1) is 17.2 Å². The Kier molecular flexibility index (Phi) is 4.05. The molecule has 0 saturated heterocycles. The van der Waals surface area contributed by atoms with Gasteiger partial charge in [0.2, 0.25) is 0 Å². The first-order chi connectivity index (χ1) is 9.58. The highest BCUT2D eigenvalue weighted by Crippen LogP contribution is 2.12. The van der Waals surface area contributed by atoms with Crippen molar-refractivity contribution < 1.29 is 9.72 Å². The third kappa shape index (κ3) is 3.17. The number of hydrogen-bond donors (Lipinski definition) is 1. The smallest absolute Gasteiger partial charge is 0.269 e. The van der Waals surface area contributed by atoms with Gasteiger partial charge in [0.1, 0.15) is 0 Å². The quantitative estimate of drug-likeness (QED) is 0.682. The van der Waals surface area contributed by atoms with Crippen LogP contribution in [0.3, 0.4) is 0 Å². The molecule has 0 fully saturated rings. The Morgan fingerprint density at radius 2 is 2.00 bits per heavy atom. The lowest BCUT2D eigenvalue weighted by atomic mass is 10.2. The minimum Gasteiger partial charge on any atom is -0.346 e. The number of nitrogens with zero attached hydrogens (tertiary/aromatic N) is 2. The number of nitrogens with one attached hydrogen (secondary N) is 1. The van der Waals surface area contributed by atoms with Gasteiger partial charge in [-0.1, -0.05) is 6.07 Å². The number of nitro benzene ring substituents is 1. The van der Waals surface area contributed by atoms with Crippen molar-refractivity contribution in [1.82, 2.24) is 10.3 Å². The normalized spacial score (nSPS) is 10.1. The molecule has 0 saturated carbocycles. The van der Waals surface area contributed by atoms with Crippen LogP contribution in [0.4, 0.5) is 5.69 Å². The molecule has 2 aromatic rings. The molecule has 1 N–H and O–H groups in total. The summed E-state index contributed by atoms with van der Waals surface area (Å²) in [7, 11) is 0. The summed E-state index contributed by atoms with van der Waals surface area (Å²) in [6.45, 7) is 2.24. The van der Waals surface area contributed by atoms with Gasteiger partial charge in [-0.3, -0.25) is 19.9 Å². The first kappa shape index (κ1) is 13.7. The Morgan fingerprint density at radius 3 is 2.60 bits per heavy atom. The predicted molar refractivity (Wildman–Crippen MR) is 73.2 cm³/mol. The van der Waals surface area contributed by atoms with E-state index in [2.05, 4.69) is 10.3 Å². The zero-order valence-electron chi connectivity index (χ0n) is 10.9. The van der Waals surface area contributed by atoms with E-state index < -0.39 is 4.92 Å². The maximum absolute atomic E-state index is 11.9. The number of nitro groups is 1. The molecule has 1 aromatic heterocycles. The summed E-state index contributed by atoms with van der Waals surface area (Å²) in [5, 5.41) is 13.3. The van der Waals surface area contributed by atoms with Crippen LogP contribution in [-0.2, 0) is 6.54 Å². The van der Waals surface area contributed by atoms with E-state index in [4.69, 9.17) is 0 Å². The van der Waals surface area contributed by atoms with Crippen molar-refractivity contribution in [3.05, 3.63) is 69.5 Å². The highest BCUT2D eigenvalue weighted by Gasteiger charge is 2.09. The first-order valence-electron chi connectivity index (χ1n) is 6.01. The molecule has 0 aliphatic rings. The Bertz CT molecular complexity index is 638. The van der Waals surface area contributed by atoms with Crippen LogP contribution in [0.25, 0.3) is 0 Å². The van der Waals surface area contributed by atoms with E-state index in [9.17, 15) is 14.9 Å². The third-order valence-corrected chi connectivity index (χ3v) is 2.87. The SMILES string of the molecule is Cc1cccnc1CNC(=O)c1ccc([N+](=O)[O-])cc1. The summed E-state index contributed by atoms with van der Waals surface area (Å²) in [5.74, 6) is -0.287. The lowest BCUT2D eigenvalue weighted by Gasteiger charge is -2.06. The Balaban J connectivity index is 2.02. The molecule has 0 atom stereocenters. The Hall–Kier alpha value is -2.76. The van der Waals surface area contributed by atoms with Crippen molar-refractivity contribution in [2.24, 2.45) is 0 Å². The molecule has 6 heteroatoms. The molecule has 1 aromatic carbocycles. The maximum atomic E-state index is 11.9. The molecule has 1 amide bonds. The summed E-state index contributed by atoms with van der Waals surface area (Å²) >= 11 is 0. The summed E-state index contributed by atoms with van der Waals surface area (Å²) in [6.07, 6.45) is 1.67. The number of aryl methyl sites for hydroxylation is 1. The molecular formula is C14H13N3O3. The summed E-state index contributed by atoms with van der Waals surface area (Å²) in [6, 6.07) is 9.22. The molecule has 0 radical (unpaired) electrons. The Morgan fingerprint density at radius 1 is 1.30 bits per heavy atom. The molecule has 0 aliphatic heterocycles. The van der Waals surface area contributed by atoms with E-state index in [1.807, 2.05) is 19.1 Å². The number of aromatic nitrogens is 1. The molecule has 20 heavy (non-hydrogen) atoms. The average Bonchev–Trinajstić information content (AvgIpc) is 2.46. The number of carbonyl (C=O) groups is 1. The average molecular weight is 271 g/mol. The zero-order valence-corrected chi connectivity index (χ0v) is 10.9. The van der Waals surface area contributed by atoms with Gasteiger partial charge in [-0.15, -0.1) is 0 Å². The second-order valence-electron chi connectivity index (χ2n) is 4.25. The van der Waals surface area contributed by atoms with Crippen molar-refractivity contribution >= 4 is 11.6 Å². The van der Waals surface area contributed by atoms with Gasteiger partial charge < -0.3 is 5.32 Å². The highest BCUT2D eigenvalue weighted by molar-refractivity contribution is 5.94. The molecule has 0 bridgehead atoms. The largest absolute Gasteiger partial charge is 0.346 e. The van der Waals surface area contributed by atoms with Crippen molar-refractivity contribution in [2.45, 2.75) is 13.5 Å². The van der Waals surface area contributed by atoms with Crippen molar-refractivity contribution in [2.75, 3.05) is 0 Å². The number of non-ortho nitro benzene ring substituents is 1. The summed E-state index contributed by atoms with van der Waals surface area (Å²) in [5.41, 5.74) is 2.13. The molecule has 0 aliphatic carbocycles. The van der Waals surface area contributed by atoms with Gasteiger partial charge in [-0.05, 0) is 30.7 Å². The van der Waals surface area contributed by atoms with Crippen LogP contribution in [0, 0.1) is 17.0 Å². The third-order valence-electron chi connectivity index (χ3n) is 2.87. The standard InChI is InChI=1S/C14H13N3O3/c1-10-3-2-8-15-13(10)9-16-14(18)11-4-6-12(7-5-11)17(19)20/h2-8H,9H2,1H3,(H,16,18). The lowest BCUT2D eigenvalue weighted by molar-refractivity contribution is -0.384. The van der Waals surface area contributed by atoms with Gasteiger partial charge in [-0.25, -0.2) is 0 Å². The minimum atomic E-state index is -0.501. The van der Waals surface area contributed by atoms with Gasteiger partial charge in [0, 0.05) is 23.9 Å². The van der Waals surface area contributed by atoms with E-state index in [1.165, 1.54) is 24.3 Å². The molecular weight excluding hydrogens is 258 g/mol. The predicted octanol–water partition coefficient (Wildman–Crippen LogP) is 2.23. The second-order valence-corrected chi connectivity index (χ2v) is 4.25. The van der Waals surface area contributed by atoms with Crippen LogP contribution in [0.5, 0.6) is 0 Å². The molecule has 102 valence electrons. The minimum absolute atomic E-state index is 0.0397. The van der Waals surface area contributed by atoms with Crippen LogP contribution in [0.2, 0.25) is 0 Å². The summed E-state index contributed by atoms with van der Waals surface area (Å²) < 4.78 is 0. The fourth-order valence-electron chi connectivity index (χ4n) is 1.70. The van der Waals surface area contributed by atoms with Gasteiger partial charge in [-0.2, -0.15) is 0 Å². The molecule has 1 heterocycles. The van der Waals surface area contributed by atoms with Crippen LogP contribution in [-0.4, -0.2) is 15.8 Å². The van der Waals surface area contributed by atoms with Crippen LogP contribution in [0.1, 0.15) is 21.6 Å². The molecule has 6 nitrogen and oxygen atoms in total. The van der Waals surface area contributed by atoms with E-state index in [1.54, 1.807) is 6.20 Å². The van der Waals surface area contributed by atoms with Crippen LogP contribution >= 0.6 is 0 Å². The number of rotatable bonds is 4. The fourth-order valence-corrected chi connectivity index (χ4v) is 1.70. The monoisotopic (exact) mass is 271 g/mol. The number of benzene rings is 1. The van der Waals surface area contributed by atoms with Crippen LogP contribution < -0.4 is 5.32 Å². The van der Waals surface area contributed by atoms with E-state index in [0.29, 0.717) is 12.1 Å². The highest BCUT2D eigenvalue weighted by atomic mass is 16.6. The first-order valence-corrected chi connectivity index (χ1v) is 6.01. The summed E-state index contributed by atoms with van der Waals surface area (Å²) in [4.78, 5) is 26.1. The maximum Gasteiger partial charge on any atom is 0.269 e. The number of hydrogen-bond acceptors (Lipinski definition) is 4.